The first kappa shape index (κ1) is 25.8. The Labute approximate surface area is 242 Å². The van der Waals surface area contributed by atoms with E-state index in [1.165, 1.54) is 34.0 Å². The van der Waals surface area contributed by atoms with Gasteiger partial charge in [-0.25, -0.2) is 0 Å². The maximum Gasteiger partial charge on any atom is 0.416 e. The second-order valence-corrected chi connectivity index (χ2v) is 10.6. The molecule has 0 heterocycles. The molecule has 7 aromatic rings. The van der Waals surface area contributed by atoms with Crippen molar-refractivity contribution in [3.8, 4) is 44.5 Å². The number of hydrogen-bond donors (Lipinski definition) is 0. The fraction of sp³-hybridized carbons (Fsp3) is 0.0256. The van der Waals surface area contributed by atoms with Crippen LogP contribution in [0.3, 0.4) is 0 Å². The van der Waals surface area contributed by atoms with Gasteiger partial charge in [-0.05, 0) is 96.4 Å². The zero-order valence-electron chi connectivity index (χ0n) is 22.6. The highest BCUT2D eigenvalue weighted by atomic mass is 19.4. The molecule has 0 aliphatic carbocycles. The van der Waals surface area contributed by atoms with Crippen LogP contribution in [0.15, 0.2) is 152 Å². The summed E-state index contributed by atoms with van der Waals surface area (Å²) in [5.41, 5.74) is 7.84. The molecule has 0 aromatic heterocycles. The predicted molar refractivity (Wildman–Crippen MR) is 168 cm³/mol. The molecule has 3 heteroatoms. The van der Waals surface area contributed by atoms with E-state index in [2.05, 4.69) is 103 Å². The van der Waals surface area contributed by atoms with Gasteiger partial charge in [0.25, 0.3) is 0 Å². The van der Waals surface area contributed by atoms with Crippen LogP contribution in [0.5, 0.6) is 0 Å². The van der Waals surface area contributed by atoms with Crippen LogP contribution in [0.4, 0.5) is 13.2 Å². The molecule has 7 aromatic carbocycles. The van der Waals surface area contributed by atoms with Gasteiger partial charge in [0, 0.05) is 0 Å². The lowest BCUT2D eigenvalue weighted by Crippen LogP contribution is -2.03. The first-order chi connectivity index (χ1) is 20.4. The molecule has 202 valence electrons. The maximum absolute atomic E-state index is 12.9. The zero-order chi connectivity index (χ0) is 28.7. The van der Waals surface area contributed by atoms with Gasteiger partial charge in [-0.1, -0.05) is 121 Å². The molecule has 0 atom stereocenters. The molecule has 0 N–H and O–H groups in total. The van der Waals surface area contributed by atoms with Gasteiger partial charge in [-0.2, -0.15) is 13.2 Å². The Kier molecular flexibility index (Phi) is 6.36. The lowest BCUT2D eigenvalue weighted by atomic mass is 9.95. The molecule has 0 saturated carbocycles. The lowest BCUT2D eigenvalue weighted by Gasteiger charge is -2.10. The van der Waals surface area contributed by atoms with Crippen LogP contribution in [0.1, 0.15) is 5.56 Å². The highest BCUT2D eigenvalue weighted by molar-refractivity contribution is 5.92. The van der Waals surface area contributed by atoms with Gasteiger partial charge < -0.3 is 0 Å². The minimum absolute atomic E-state index is 0.640. The van der Waals surface area contributed by atoms with E-state index in [0.29, 0.717) is 0 Å². The summed E-state index contributed by atoms with van der Waals surface area (Å²) in [6.45, 7) is 0. The third-order valence-corrected chi connectivity index (χ3v) is 7.91. The van der Waals surface area contributed by atoms with E-state index in [0.717, 1.165) is 56.3 Å². The fourth-order valence-electron chi connectivity index (χ4n) is 5.54. The van der Waals surface area contributed by atoms with Gasteiger partial charge in [0.1, 0.15) is 0 Å². The zero-order valence-corrected chi connectivity index (χ0v) is 22.6. The predicted octanol–water partition coefficient (Wildman–Crippen LogP) is 11.7. The van der Waals surface area contributed by atoms with E-state index in [4.69, 9.17) is 0 Å². The van der Waals surface area contributed by atoms with Crippen molar-refractivity contribution in [3.63, 3.8) is 0 Å². The van der Waals surface area contributed by atoms with Gasteiger partial charge >= 0.3 is 6.18 Å². The molecule has 0 unspecified atom stereocenters. The minimum atomic E-state index is -4.33. The summed E-state index contributed by atoms with van der Waals surface area (Å²) in [6.07, 6.45) is -4.33. The van der Waals surface area contributed by atoms with Crippen LogP contribution >= 0.6 is 0 Å². The number of hydrogen-bond acceptors (Lipinski definition) is 0. The number of rotatable bonds is 4. The molecule has 0 radical (unpaired) electrons. The highest BCUT2D eigenvalue weighted by Gasteiger charge is 2.29. The number of alkyl halides is 3. The number of benzene rings is 7. The van der Waals surface area contributed by atoms with Crippen molar-refractivity contribution in [3.05, 3.63) is 157 Å². The van der Waals surface area contributed by atoms with Crippen molar-refractivity contribution in [2.45, 2.75) is 6.18 Å². The fourth-order valence-corrected chi connectivity index (χ4v) is 5.54. The average molecular weight is 551 g/mol. The second-order valence-electron chi connectivity index (χ2n) is 10.6. The molecule has 42 heavy (non-hydrogen) atoms. The largest absolute Gasteiger partial charge is 0.416 e. The second kappa shape index (κ2) is 10.4. The average Bonchev–Trinajstić information content (AvgIpc) is 3.04. The smallest absolute Gasteiger partial charge is 0.166 e. The third kappa shape index (κ3) is 5.06. The van der Waals surface area contributed by atoms with E-state index >= 15 is 0 Å². The van der Waals surface area contributed by atoms with Crippen molar-refractivity contribution in [1.82, 2.24) is 0 Å². The first-order valence-electron chi connectivity index (χ1n) is 13.8. The molecule has 0 spiro atoms. The van der Waals surface area contributed by atoms with Crippen LogP contribution in [0.25, 0.3) is 66.1 Å². The summed E-state index contributed by atoms with van der Waals surface area (Å²) in [7, 11) is 0. The summed E-state index contributed by atoms with van der Waals surface area (Å²) < 4.78 is 38.8. The van der Waals surface area contributed by atoms with E-state index < -0.39 is 11.7 Å². The van der Waals surface area contributed by atoms with Crippen molar-refractivity contribution in [2.24, 2.45) is 0 Å². The van der Waals surface area contributed by atoms with Crippen molar-refractivity contribution >= 4 is 21.5 Å². The molecule has 0 amide bonds. The summed E-state index contributed by atoms with van der Waals surface area (Å²) >= 11 is 0. The Bertz CT molecular complexity index is 2030. The van der Waals surface area contributed by atoms with Gasteiger partial charge in [-0.15, -0.1) is 0 Å². The van der Waals surface area contributed by atoms with Gasteiger partial charge in [0.05, 0.1) is 5.56 Å². The van der Waals surface area contributed by atoms with Gasteiger partial charge in [0.15, 0.2) is 0 Å². The molecule has 0 aliphatic heterocycles. The quantitative estimate of drug-likeness (QED) is 0.204. The van der Waals surface area contributed by atoms with Gasteiger partial charge in [-0.3, -0.25) is 0 Å². The Hall–Kier alpha value is -5.15. The van der Waals surface area contributed by atoms with Crippen molar-refractivity contribution in [2.75, 3.05) is 0 Å². The topological polar surface area (TPSA) is 0 Å². The van der Waals surface area contributed by atoms with Crippen LogP contribution in [0, 0.1) is 0 Å². The highest BCUT2D eigenvalue weighted by Crippen LogP contribution is 2.33. The Balaban J connectivity index is 1.14. The van der Waals surface area contributed by atoms with Crippen LogP contribution in [-0.4, -0.2) is 0 Å². The van der Waals surface area contributed by atoms with Crippen molar-refractivity contribution in [1.29, 1.82) is 0 Å². The molecule has 0 saturated heterocycles. The molecule has 0 aliphatic rings. The summed E-state index contributed by atoms with van der Waals surface area (Å²) in [5, 5.41) is 4.79. The van der Waals surface area contributed by atoms with Crippen LogP contribution < -0.4 is 0 Å². The molecule has 7 rings (SSSR count). The van der Waals surface area contributed by atoms with Crippen LogP contribution in [-0.2, 0) is 6.18 Å². The Morgan fingerprint density at radius 1 is 0.286 bits per heavy atom. The molecular formula is C39H25F3. The maximum atomic E-state index is 12.9. The van der Waals surface area contributed by atoms with E-state index in [9.17, 15) is 13.2 Å². The summed E-state index contributed by atoms with van der Waals surface area (Å²) in [4.78, 5) is 0. The Morgan fingerprint density at radius 3 is 1.02 bits per heavy atom. The number of fused-ring (bicyclic) bond motifs is 2. The SMILES string of the molecule is FC(F)(F)c1ccc(-c2ccc(-c3ccc4ccc(-c5ccc(-c6ccc7ccccc7c6)cc5)cc4c3)cc2)cc1. The third-order valence-electron chi connectivity index (χ3n) is 7.91. The van der Waals surface area contributed by atoms with E-state index in [1.807, 2.05) is 24.3 Å². The van der Waals surface area contributed by atoms with Crippen LogP contribution in [0.2, 0.25) is 0 Å². The van der Waals surface area contributed by atoms with E-state index in [1.54, 1.807) is 0 Å². The minimum Gasteiger partial charge on any atom is -0.166 e. The van der Waals surface area contributed by atoms with Gasteiger partial charge in [0.2, 0.25) is 0 Å². The summed E-state index contributed by atoms with van der Waals surface area (Å²) in [6, 6.07) is 49.9. The van der Waals surface area contributed by atoms with Crippen molar-refractivity contribution < 1.29 is 13.2 Å². The monoisotopic (exact) mass is 550 g/mol. The standard InChI is InChI=1S/C39H25F3/c40-39(41,42)38-21-19-28(20-22-38)27-5-7-30(8-6-27)35-17-14-32-15-18-36(25-37(32)24-35)31-11-9-29(10-12-31)34-16-13-26-3-1-2-4-33(26)23-34/h1-25H. The summed E-state index contributed by atoms with van der Waals surface area (Å²) in [5.74, 6) is 0. The number of halogens is 3. The lowest BCUT2D eigenvalue weighted by molar-refractivity contribution is -0.137. The first-order valence-corrected chi connectivity index (χ1v) is 13.8. The molecule has 0 fully saturated rings. The molecule has 0 bridgehead atoms. The Morgan fingerprint density at radius 2 is 0.595 bits per heavy atom. The normalized spacial score (nSPS) is 11.7. The molecular weight excluding hydrogens is 525 g/mol. The van der Waals surface area contributed by atoms with E-state index in [-0.39, 0.29) is 0 Å². The molecule has 0 nitrogen and oxygen atoms in total.